The van der Waals surface area contributed by atoms with Crippen LogP contribution >= 0.6 is 22.7 Å². The van der Waals surface area contributed by atoms with Gasteiger partial charge in [0.05, 0.1) is 19.8 Å². The fraction of sp³-hybridized carbons (Fsp3) is 0.412. The highest BCUT2D eigenvalue weighted by Crippen LogP contribution is 2.30. The first-order chi connectivity index (χ1) is 21.9. The van der Waals surface area contributed by atoms with Crippen molar-refractivity contribution in [2.24, 2.45) is 5.92 Å². The molecule has 0 spiro atoms. The fourth-order valence-electron chi connectivity index (χ4n) is 4.69. The summed E-state index contributed by atoms with van der Waals surface area (Å²) in [6.07, 6.45) is 4.05. The van der Waals surface area contributed by atoms with Gasteiger partial charge < -0.3 is 24.3 Å². The maximum Gasteiger partial charge on any atom is 0.358 e. The van der Waals surface area contributed by atoms with Crippen molar-refractivity contribution in [3.05, 3.63) is 70.7 Å². The van der Waals surface area contributed by atoms with Crippen molar-refractivity contribution in [3.8, 4) is 32.6 Å². The second kappa shape index (κ2) is 17.6. The summed E-state index contributed by atoms with van der Waals surface area (Å²) < 4.78 is 21.6. The lowest BCUT2D eigenvalue weighted by Crippen LogP contribution is -2.20. The smallest absolute Gasteiger partial charge is 0.358 e. The number of hydrogen-bond donors (Lipinski definition) is 1. The molecule has 0 radical (unpaired) electrons. The van der Waals surface area contributed by atoms with Crippen LogP contribution in [0.15, 0.2) is 59.3 Å². The normalized spacial score (nSPS) is 15.6. The number of thiazole rings is 2. The van der Waals surface area contributed by atoms with E-state index >= 15 is 0 Å². The maximum atomic E-state index is 12.2. The third kappa shape index (κ3) is 10.1. The molecule has 240 valence electrons. The van der Waals surface area contributed by atoms with Crippen molar-refractivity contribution in [1.82, 2.24) is 15.3 Å². The summed E-state index contributed by atoms with van der Waals surface area (Å²) in [6, 6.07) is 15.4. The lowest BCUT2D eigenvalue weighted by molar-refractivity contribution is 0.0220. The van der Waals surface area contributed by atoms with Gasteiger partial charge in [-0.25, -0.2) is 19.6 Å². The van der Waals surface area contributed by atoms with E-state index in [4.69, 9.17) is 18.9 Å². The first-order valence-corrected chi connectivity index (χ1v) is 17.1. The molecular weight excluding hydrogens is 611 g/mol. The number of nitrogens with one attached hydrogen (secondary N) is 1. The number of ether oxygens (including phenoxy) is 4. The van der Waals surface area contributed by atoms with Crippen molar-refractivity contribution in [2.45, 2.75) is 52.6 Å². The number of rotatable bonds is 13. The summed E-state index contributed by atoms with van der Waals surface area (Å²) in [5.41, 5.74) is 2.70. The van der Waals surface area contributed by atoms with Gasteiger partial charge in [0, 0.05) is 21.9 Å². The van der Waals surface area contributed by atoms with Crippen molar-refractivity contribution in [3.63, 3.8) is 0 Å². The predicted molar refractivity (Wildman–Crippen MR) is 178 cm³/mol. The molecule has 2 atom stereocenters. The molecule has 1 aliphatic rings. The van der Waals surface area contributed by atoms with Gasteiger partial charge in [0.25, 0.3) is 0 Å². The van der Waals surface area contributed by atoms with Crippen LogP contribution < -0.4 is 14.8 Å². The first kappa shape index (κ1) is 34.1. The van der Waals surface area contributed by atoms with Crippen molar-refractivity contribution >= 4 is 34.6 Å². The fourth-order valence-corrected chi connectivity index (χ4v) is 6.28. The highest BCUT2D eigenvalue weighted by atomic mass is 32.1. The number of esters is 2. The molecule has 2 aromatic carbocycles. The number of hydrogen-bond acceptors (Lipinski definition) is 11. The van der Waals surface area contributed by atoms with E-state index in [1.165, 1.54) is 22.7 Å². The molecule has 9 nitrogen and oxygen atoms in total. The van der Waals surface area contributed by atoms with E-state index in [-0.39, 0.29) is 18.0 Å². The van der Waals surface area contributed by atoms with Crippen LogP contribution in [0.25, 0.3) is 21.1 Å². The SMILES string of the molecule is CCOc1ccc(-c2nc(C(=O)OC3CCC[C@H]3C)cs2)cc1.CCOc1ccc(-c2nc(C(=O)OCCCNC)cs2)cc1. The lowest BCUT2D eigenvalue weighted by Gasteiger charge is -2.15. The Morgan fingerprint density at radius 1 is 0.822 bits per heavy atom. The van der Waals surface area contributed by atoms with Gasteiger partial charge in [0.1, 0.15) is 27.6 Å². The van der Waals surface area contributed by atoms with Crippen LogP contribution in [-0.2, 0) is 9.47 Å². The Kier molecular flexibility index (Phi) is 13.3. The van der Waals surface area contributed by atoms with Gasteiger partial charge in [-0.3, -0.25) is 0 Å². The van der Waals surface area contributed by atoms with Gasteiger partial charge in [-0.15, -0.1) is 22.7 Å². The van der Waals surface area contributed by atoms with Crippen LogP contribution in [0.4, 0.5) is 0 Å². The number of nitrogens with zero attached hydrogens (tertiary/aromatic N) is 2. The van der Waals surface area contributed by atoms with Gasteiger partial charge in [0.15, 0.2) is 11.4 Å². The van der Waals surface area contributed by atoms with Crippen molar-refractivity contribution < 1.29 is 28.5 Å². The average Bonchev–Trinajstić information content (AvgIpc) is 3.83. The zero-order chi connectivity index (χ0) is 32.0. The molecule has 5 rings (SSSR count). The maximum absolute atomic E-state index is 12.2. The Labute approximate surface area is 272 Å². The average molecular weight is 652 g/mol. The highest BCUT2D eigenvalue weighted by Gasteiger charge is 2.28. The van der Waals surface area contributed by atoms with E-state index in [9.17, 15) is 9.59 Å². The third-order valence-electron chi connectivity index (χ3n) is 7.10. The molecule has 2 aromatic heterocycles. The van der Waals surface area contributed by atoms with Crippen LogP contribution in [-0.4, -0.2) is 61.4 Å². The Balaban J connectivity index is 0.000000205. The van der Waals surface area contributed by atoms with Gasteiger partial charge in [0.2, 0.25) is 0 Å². The predicted octanol–water partition coefficient (Wildman–Crippen LogP) is 7.53. The molecule has 4 aromatic rings. The Bertz CT molecular complexity index is 1490. The standard InChI is InChI=1S/C18H21NO3S.C16H20N2O3S/c1-3-21-14-9-7-13(8-10-14)17-19-15(11-23-17)18(20)22-16-6-4-5-12(16)2;1-3-20-13-7-5-12(6-8-13)15-18-14(11-22-15)16(19)21-10-4-9-17-2/h7-12,16H,3-6H2,1-2H3;5-8,11,17H,3-4,9-10H2,1-2H3/t12-,16?;/m1./s1. The summed E-state index contributed by atoms with van der Waals surface area (Å²) in [4.78, 5) is 32.9. The van der Waals surface area contributed by atoms with E-state index in [2.05, 4.69) is 22.2 Å². The third-order valence-corrected chi connectivity index (χ3v) is 8.88. The van der Waals surface area contributed by atoms with E-state index in [1.54, 1.807) is 10.8 Å². The lowest BCUT2D eigenvalue weighted by atomic mass is 10.1. The van der Waals surface area contributed by atoms with Crippen LogP contribution in [0.2, 0.25) is 0 Å². The molecule has 1 unspecified atom stereocenters. The van der Waals surface area contributed by atoms with E-state index in [1.807, 2.05) is 69.4 Å². The zero-order valence-corrected chi connectivity index (χ0v) is 27.9. The number of aromatic nitrogens is 2. The monoisotopic (exact) mass is 651 g/mol. The minimum absolute atomic E-state index is 0.0399. The molecular formula is C34H41N3O6S2. The molecule has 1 saturated carbocycles. The summed E-state index contributed by atoms with van der Waals surface area (Å²) in [5, 5.41) is 8.12. The minimum atomic E-state index is -0.371. The second-order valence-corrected chi connectivity index (χ2v) is 12.2. The second-order valence-electron chi connectivity index (χ2n) is 10.4. The first-order valence-electron chi connectivity index (χ1n) is 15.3. The molecule has 1 aliphatic carbocycles. The minimum Gasteiger partial charge on any atom is -0.494 e. The summed E-state index contributed by atoms with van der Waals surface area (Å²) >= 11 is 2.88. The molecule has 0 amide bonds. The largest absolute Gasteiger partial charge is 0.494 e. The Morgan fingerprint density at radius 3 is 1.82 bits per heavy atom. The van der Waals surface area contributed by atoms with Crippen LogP contribution in [0, 0.1) is 5.92 Å². The molecule has 0 aliphatic heterocycles. The van der Waals surface area contributed by atoms with Gasteiger partial charge >= 0.3 is 11.9 Å². The summed E-state index contributed by atoms with van der Waals surface area (Å²) in [6.45, 7) is 8.54. The number of carbonyl (C=O) groups excluding carboxylic acids is 2. The van der Waals surface area contributed by atoms with Crippen molar-refractivity contribution in [2.75, 3.05) is 33.4 Å². The summed E-state index contributed by atoms with van der Waals surface area (Å²) in [7, 11) is 1.87. The van der Waals surface area contributed by atoms with Gasteiger partial charge in [-0.05, 0) is 108 Å². The van der Waals surface area contributed by atoms with Crippen LogP contribution in [0.1, 0.15) is 67.4 Å². The molecule has 45 heavy (non-hydrogen) atoms. The number of benzene rings is 2. The van der Waals surface area contributed by atoms with Crippen LogP contribution in [0.3, 0.4) is 0 Å². The van der Waals surface area contributed by atoms with Crippen molar-refractivity contribution in [1.29, 1.82) is 0 Å². The Hall–Kier alpha value is -3.80. The van der Waals surface area contributed by atoms with Gasteiger partial charge in [-0.2, -0.15) is 0 Å². The highest BCUT2D eigenvalue weighted by molar-refractivity contribution is 7.13. The Morgan fingerprint density at radius 2 is 1.36 bits per heavy atom. The molecule has 11 heteroatoms. The number of carbonyl (C=O) groups is 2. The zero-order valence-electron chi connectivity index (χ0n) is 26.2. The molecule has 1 fully saturated rings. The van der Waals surface area contributed by atoms with Gasteiger partial charge in [-0.1, -0.05) is 6.92 Å². The topological polar surface area (TPSA) is 109 Å². The van der Waals surface area contributed by atoms with E-state index in [0.717, 1.165) is 64.9 Å². The molecule has 0 saturated heterocycles. The molecule has 1 N–H and O–H groups in total. The summed E-state index contributed by atoms with van der Waals surface area (Å²) in [5.74, 6) is 1.43. The quantitative estimate of drug-likeness (QED) is 0.116. The van der Waals surface area contributed by atoms with E-state index < -0.39 is 0 Å². The molecule has 2 heterocycles. The van der Waals surface area contributed by atoms with Crippen LogP contribution in [0.5, 0.6) is 11.5 Å². The molecule has 0 bridgehead atoms. The van der Waals surface area contributed by atoms with E-state index in [0.29, 0.717) is 37.1 Å².